The molecule has 2 aromatic carbocycles. The van der Waals surface area contributed by atoms with Gasteiger partial charge in [-0.1, -0.05) is 35.3 Å². The minimum Gasteiger partial charge on any atom is -0.324 e. The number of carbonyl (C=O) groups is 1. The van der Waals surface area contributed by atoms with E-state index in [2.05, 4.69) is 5.32 Å². The minimum atomic E-state index is -4.68. The molecule has 1 N–H and O–H groups in total. The number of carbonyl (C=O) groups excluding carboxylic acids is 1. The Bertz CT molecular complexity index is 1030. The van der Waals surface area contributed by atoms with Crippen molar-refractivity contribution in [3.05, 3.63) is 57.1 Å². The lowest BCUT2D eigenvalue weighted by Gasteiger charge is -2.21. The van der Waals surface area contributed by atoms with E-state index in [0.29, 0.717) is 9.87 Å². The van der Waals surface area contributed by atoms with Crippen LogP contribution in [0.4, 0.5) is 18.9 Å². The number of likely N-dealkylation sites (N-methyl/N-ethyl adjacent to an activating group) is 1. The monoisotopic (exact) mass is 468 g/mol. The van der Waals surface area contributed by atoms with Gasteiger partial charge in [-0.05, 0) is 43.2 Å². The highest BCUT2D eigenvalue weighted by Crippen LogP contribution is 2.36. The molecular formula is C18H17Cl2F3N2O3S. The maximum atomic E-state index is 13.1. The van der Waals surface area contributed by atoms with E-state index in [0.717, 1.165) is 19.2 Å². The lowest BCUT2D eigenvalue weighted by Crippen LogP contribution is -2.35. The molecule has 0 aromatic heterocycles. The van der Waals surface area contributed by atoms with Gasteiger partial charge in [-0.15, -0.1) is 0 Å². The number of anilines is 1. The number of alkyl halides is 3. The highest BCUT2D eigenvalue weighted by atomic mass is 35.5. The van der Waals surface area contributed by atoms with Crippen molar-refractivity contribution in [1.29, 1.82) is 0 Å². The fraction of sp³-hybridized carbons (Fsp3) is 0.278. The van der Waals surface area contributed by atoms with Crippen LogP contribution in [0, 0.1) is 13.8 Å². The zero-order chi connectivity index (χ0) is 22.1. The second kappa shape index (κ2) is 8.51. The van der Waals surface area contributed by atoms with Crippen molar-refractivity contribution in [2.45, 2.75) is 24.9 Å². The molecule has 29 heavy (non-hydrogen) atoms. The van der Waals surface area contributed by atoms with E-state index >= 15 is 0 Å². The van der Waals surface area contributed by atoms with Crippen LogP contribution in [-0.2, 0) is 21.0 Å². The minimum absolute atomic E-state index is 0.0402. The number of amides is 1. The standard InChI is InChI=1S/C18H17Cl2F3N2O3S/c1-10-8-13(19)11(2)17(16(10)20)29(27,28)25(3)9-15(26)24-14-7-5-4-6-12(14)18(21,22)23/h4-8H,9H2,1-3H3,(H,24,26). The third-order valence-corrected chi connectivity index (χ3v) is 7.10. The number of aryl methyl sites for hydroxylation is 1. The zero-order valence-electron chi connectivity index (χ0n) is 15.6. The van der Waals surface area contributed by atoms with E-state index in [1.165, 1.54) is 25.1 Å². The average Bonchev–Trinajstić information content (AvgIpc) is 2.59. The quantitative estimate of drug-likeness (QED) is 0.679. The van der Waals surface area contributed by atoms with Gasteiger partial charge in [-0.3, -0.25) is 4.79 Å². The van der Waals surface area contributed by atoms with Gasteiger partial charge in [0.25, 0.3) is 0 Å². The first kappa shape index (κ1) is 23.5. The summed E-state index contributed by atoms with van der Waals surface area (Å²) < 4.78 is 65.7. The summed E-state index contributed by atoms with van der Waals surface area (Å²) in [5.74, 6) is -0.944. The third-order valence-electron chi connectivity index (χ3n) is 4.13. The van der Waals surface area contributed by atoms with Crippen LogP contribution in [0.15, 0.2) is 35.2 Å². The molecule has 0 fully saturated rings. The van der Waals surface area contributed by atoms with Crippen LogP contribution in [0.25, 0.3) is 0 Å². The van der Waals surface area contributed by atoms with Crippen LogP contribution in [-0.4, -0.2) is 32.2 Å². The molecule has 0 heterocycles. The number of nitrogens with one attached hydrogen (secondary N) is 1. The smallest absolute Gasteiger partial charge is 0.324 e. The summed E-state index contributed by atoms with van der Waals surface area (Å²) in [6, 6.07) is 5.91. The molecule has 5 nitrogen and oxygen atoms in total. The fourth-order valence-electron chi connectivity index (χ4n) is 2.59. The molecule has 2 rings (SSSR count). The molecule has 158 valence electrons. The molecular weight excluding hydrogens is 452 g/mol. The second-order valence-corrected chi connectivity index (χ2v) is 9.06. The SMILES string of the molecule is Cc1cc(Cl)c(C)c(S(=O)(=O)N(C)CC(=O)Nc2ccccc2C(F)(F)F)c1Cl. The van der Waals surface area contributed by atoms with Crippen LogP contribution in [0.2, 0.25) is 10.0 Å². The average molecular weight is 469 g/mol. The normalized spacial score (nSPS) is 12.3. The van der Waals surface area contributed by atoms with Crippen molar-refractivity contribution in [3.8, 4) is 0 Å². The number of hydrogen-bond acceptors (Lipinski definition) is 3. The van der Waals surface area contributed by atoms with Gasteiger partial charge in [0.05, 0.1) is 22.8 Å². The van der Waals surface area contributed by atoms with Crippen LogP contribution in [0.1, 0.15) is 16.7 Å². The fourth-order valence-corrected chi connectivity index (χ4v) is 4.88. The first-order valence-corrected chi connectivity index (χ1v) is 10.3. The summed E-state index contributed by atoms with van der Waals surface area (Å²) in [5, 5.41) is 2.24. The summed E-state index contributed by atoms with van der Waals surface area (Å²) in [5.41, 5.74) is -0.874. The van der Waals surface area contributed by atoms with Gasteiger partial charge >= 0.3 is 6.18 Å². The Labute approximate surface area is 176 Å². The predicted octanol–water partition coefficient (Wildman–Crippen LogP) is 4.89. The van der Waals surface area contributed by atoms with Gasteiger partial charge in [-0.2, -0.15) is 17.5 Å². The van der Waals surface area contributed by atoms with E-state index in [4.69, 9.17) is 23.2 Å². The molecule has 0 saturated carbocycles. The van der Waals surface area contributed by atoms with Gasteiger partial charge < -0.3 is 5.32 Å². The topological polar surface area (TPSA) is 66.5 Å². The van der Waals surface area contributed by atoms with E-state index in [1.54, 1.807) is 6.92 Å². The van der Waals surface area contributed by atoms with E-state index < -0.39 is 39.9 Å². The van der Waals surface area contributed by atoms with Gasteiger partial charge in [0.2, 0.25) is 15.9 Å². The Morgan fingerprint density at radius 1 is 1.17 bits per heavy atom. The van der Waals surface area contributed by atoms with E-state index in [9.17, 15) is 26.4 Å². The summed E-state index contributed by atoms with van der Waals surface area (Å²) >= 11 is 12.2. The molecule has 0 spiro atoms. The molecule has 0 aliphatic carbocycles. The van der Waals surface area contributed by atoms with Crippen LogP contribution < -0.4 is 5.32 Å². The Hall–Kier alpha value is -1.81. The first-order chi connectivity index (χ1) is 13.3. The van der Waals surface area contributed by atoms with Crippen LogP contribution in [0.5, 0.6) is 0 Å². The number of halogens is 5. The summed E-state index contributed by atoms with van der Waals surface area (Å²) in [7, 11) is -3.12. The number of benzene rings is 2. The van der Waals surface area contributed by atoms with Gasteiger partial charge in [0, 0.05) is 12.1 Å². The Balaban J connectivity index is 2.30. The van der Waals surface area contributed by atoms with Crippen LogP contribution >= 0.6 is 23.2 Å². The van der Waals surface area contributed by atoms with Crippen molar-refractivity contribution < 1.29 is 26.4 Å². The molecule has 1 amide bonds. The highest BCUT2D eigenvalue weighted by Gasteiger charge is 2.34. The highest BCUT2D eigenvalue weighted by molar-refractivity contribution is 7.89. The molecule has 0 radical (unpaired) electrons. The predicted molar refractivity (Wildman–Crippen MR) is 106 cm³/mol. The van der Waals surface area contributed by atoms with E-state index in [-0.39, 0.29) is 20.5 Å². The third kappa shape index (κ3) is 5.03. The zero-order valence-corrected chi connectivity index (χ0v) is 17.9. The Morgan fingerprint density at radius 2 is 1.76 bits per heavy atom. The first-order valence-electron chi connectivity index (χ1n) is 8.14. The molecule has 0 saturated heterocycles. The lowest BCUT2D eigenvalue weighted by molar-refractivity contribution is -0.137. The number of para-hydroxylation sites is 1. The lowest BCUT2D eigenvalue weighted by atomic mass is 10.1. The van der Waals surface area contributed by atoms with Gasteiger partial charge in [0.15, 0.2) is 0 Å². The summed E-state index contributed by atoms with van der Waals surface area (Å²) in [6.45, 7) is 2.32. The van der Waals surface area contributed by atoms with Gasteiger partial charge in [0.1, 0.15) is 4.90 Å². The number of sulfonamides is 1. The van der Waals surface area contributed by atoms with Crippen molar-refractivity contribution in [1.82, 2.24) is 4.31 Å². The molecule has 0 aliphatic heterocycles. The Kier molecular flexibility index (Phi) is 6.89. The molecule has 2 aromatic rings. The maximum absolute atomic E-state index is 13.1. The second-order valence-electron chi connectivity index (χ2n) is 6.30. The number of rotatable bonds is 5. The molecule has 11 heteroatoms. The van der Waals surface area contributed by atoms with Crippen LogP contribution in [0.3, 0.4) is 0 Å². The van der Waals surface area contributed by atoms with Gasteiger partial charge in [-0.25, -0.2) is 8.42 Å². The molecule has 0 atom stereocenters. The van der Waals surface area contributed by atoms with Crippen molar-refractivity contribution in [2.75, 3.05) is 18.9 Å². The van der Waals surface area contributed by atoms with Crippen molar-refractivity contribution in [2.24, 2.45) is 0 Å². The largest absolute Gasteiger partial charge is 0.418 e. The van der Waals surface area contributed by atoms with Crippen molar-refractivity contribution >= 4 is 44.8 Å². The van der Waals surface area contributed by atoms with E-state index in [1.807, 2.05) is 0 Å². The molecule has 0 bridgehead atoms. The maximum Gasteiger partial charge on any atom is 0.418 e. The summed E-state index contributed by atoms with van der Waals surface area (Å²) in [6.07, 6.45) is -4.68. The molecule has 0 aliphatic rings. The molecule has 0 unspecified atom stereocenters. The number of nitrogens with zero attached hydrogens (tertiary/aromatic N) is 1. The van der Waals surface area contributed by atoms with Crippen molar-refractivity contribution in [3.63, 3.8) is 0 Å². The Morgan fingerprint density at radius 3 is 2.34 bits per heavy atom. The summed E-state index contributed by atoms with van der Waals surface area (Å²) in [4.78, 5) is 12.0. The number of hydrogen-bond donors (Lipinski definition) is 1.